The molecule has 2 amide bonds. The van der Waals surface area contributed by atoms with Crippen molar-refractivity contribution >= 4 is 36.9 Å². The van der Waals surface area contributed by atoms with E-state index in [-0.39, 0.29) is 23.9 Å². The molecule has 1 aromatic rings. The number of benzene rings is 1. The molecular formula is C22H33BN4O2S. The summed E-state index contributed by atoms with van der Waals surface area (Å²) in [6.07, 6.45) is 4.42. The minimum absolute atomic E-state index is 0.0117. The number of hydrogen-bond acceptors (Lipinski definition) is 4. The van der Waals surface area contributed by atoms with Crippen LogP contribution in [0.2, 0.25) is 0 Å². The molecule has 2 heterocycles. The van der Waals surface area contributed by atoms with Crippen LogP contribution >= 0.6 is 12.2 Å². The number of nitrogens with one attached hydrogen (secondary N) is 2. The molecule has 4 atom stereocenters. The normalized spacial score (nSPS) is 23.3. The first-order chi connectivity index (χ1) is 14.4. The van der Waals surface area contributed by atoms with Gasteiger partial charge in [-0.3, -0.25) is 9.59 Å². The summed E-state index contributed by atoms with van der Waals surface area (Å²) in [6.45, 7) is 3.52. The molecule has 2 saturated heterocycles. The van der Waals surface area contributed by atoms with Crippen LogP contribution in [0.3, 0.4) is 0 Å². The first kappa shape index (κ1) is 22.8. The molecule has 2 fully saturated rings. The van der Waals surface area contributed by atoms with Crippen molar-refractivity contribution < 1.29 is 9.59 Å². The molecule has 0 radical (unpaired) electrons. The largest absolute Gasteiger partial charge is 0.370 e. The maximum atomic E-state index is 13.2. The first-order valence-corrected chi connectivity index (χ1v) is 11.5. The number of carbonyl (C=O) groups is 2. The summed E-state index contributed by atoms with van der Waals surface area (Å²) < 4.78 is 0. The van der Waals surface area contributed by atoms with Crippen LogP contribution in [-0.4, -0.2) is 78.7 Å². The van der Waals surface area contributed by atoms with E-state index >= 15 is 0 Å². The van der Waals surface area contributed by atoms with Gasteiger partial charge in [-0.05, 0) is 57.6 Å². The summed E-state index contributed by atoms with van der Waals surface area (Å²) in [5.41, 5.74) is 1.10. The summed E-state index contributed by atoms with van der Waals surface area (Å²) in [7, 11) is 3.98. The smallest absolute Gasteiger partial charge is 0.243 e. The number of hydrogen-bond donors (Lipinski definition) is 2. The molecule has 2 aliphatic rings. The molecule has 0 spiro atoms. The van der Waals surface area contributed by atoms with E-state index in [4.69, 9.17) is 12.2 Å². The van der Waals surface area contributed by atoms with Gasteiger partial charge in [-0.1, -0.05) is 42.5 Å². The van der Waals surface area contributed by atoms with Gasteiger partial charge in [-0.2, -0.15) is 0 Å². The third kappa shape index (κ3) is 5.21. The van der Waals surface area contributed by atoms with Gasteiger partial charge >= 0.3 is 0 Å². The maximum absolute atomic E-state index is 13.2. The quantitative estimate of drug-likeness (QED) is 0.495. The topological polar surface area (TPSA) is 64.7 Å². The van der Waals surface area contributed by atoms with Crippen LogP contribution in [0.4, 0.5) is 0 Å². The van der Waals surface area contributed by atoms with Crippen LogP contribution in [0.1, 0.15) is 38.2 Å². The van der Waals surface area contributed by atoms with Crippen molar-refractivity contribution in [2.45, 2.75) is 63.1 Å². The predicted octanol–water partition coefficient (Wildman–Crippen LogP) is 0.695. The Kier molecular flexibility index (Phi) is 7.89. The Bertz CT molecular complexity index is 763. The SMILES string of the molecule is B[C@@H]1CCCN1C(=S)[C@H](C)NC(=O)[C@@H]1CCCN1C(=O)[C@H](Cc1ccccc1)NC. The average Bonchev–Trinajstić information content (AvgIpc) is 3.40. The minimum atomic E-state index is -0.426. The molecule has 0 aromatic heterocycles. The van der Waals surface area contributed by atoms with Gasteiger partial charge in [-0.25, -0.2) is 0 Å². The van der Waals surface area contributed by atoms with Gasteiger partial charge < -0.3 is 20.4 Å². The molecule has 0 aliphatic carbocycles. The van der Waals surface area contributed by atoms with Crippen LogP contribution in [0.25, 0.3) is 0 Å². The van der Waals surface area contributed by atoms with E-state index in [2.05, 4.69) is 23.4 Å². The number of nitrogens with zero attached hydrogens (tertiary/aromatic N) is 2. The fourth-order valence-corrected chi connectivity index (χ4v) is 4.88. The van der Waals surface area contributed by atoms with Crippen LogP contribution in [0, 0.1) is 0 Å². The number of thiocarbonyl (C=S) groups is 1. The summed E-state index contributed by atoms with van der Waals surface area (Å²) in [4.78, 5) is 31.0. The number of likely N-dealkylation sites (tertiary alicyclic amines) is 2. The molecule has 3 rings (SSSR count). The maximum Gasteiger partial charge on any atom is 0.243 e. The van der Waals surface area contributed by atoms with Gasteiger partial charge in [0.1, 0.15) is 13.9 Å². The van der Waals surface area contributed by atoms with Gasteiger partial charge in [0, 0.05) is 13.1 Å². The molecule has 30 heavy (non-hydrogen) atoms. The Morgan fingerprint density at radius 3 is 2.47 bits per heavy atom. The lowest BCUT2D eigenvalue weighted by Gasteiger charge is -2.31. The minimum Gasteiger partial charge on any atom is -0.370 e. The average molecular weight is 428 g/mol. The molecule has 0 bridgehead atoms. The summed E-state index contributed by atoms with van der Waals surface area (Å²) in [5, 5.41) is 6.21. The second kappa shape index (κ2) is 10.4. The van der Waals surface area contributed by atoms with Crippen LogP contribution in [0.15, 0.2) is 30.3 Å². The highest BCUT2D eigenvalue weighted by atomic mass is 32.1. The molecule has 2 N–H and O–H groups in total. The zero-order chi connectivity index (χ0) is 21.7. The van der Waals surface area contributed by atoms with Gasteiger partial charge in [0.25, 0.3) is 0 Å². The van der Waals surface area contributed by atoms with Crippen molar-refractivity contribution in [3.05, 3.63) is 35.9 Å². The van der Waals surface area contributed by atoms with Crippen LogP contribution in [-0.2, 0) is 16.0 Å². The van der Waals surface area contributed by atoms with E-state index in [1.807, 2.05) is 37.3 Å². The lowest BCUT2D eigenvalue weighted by molar-refractivity contribution is -0.140. The van der Waals surface area contributed by atoms with E-state index in [0.717, 1.165) is 36.4 Å². The Hall–Kier alpha value is -1.93. The van der Waals surface area contributed by atoms with Crippen LogP contribution in [0.5, 0.6) is 0 Å². The van der Waals surface area contributed by atoms with Crippen molar-refractivity contribution in [2.24, 2.45) is 0 Å². The van der Waals surface area contributed by atoms with E-state index in [9.17, 15) is 9.59 Å². The molecule has 0 saturated carbocycles. The third-order valence-electron chi connectivity index (χ3n) is 6.33. The second-order valence-corrected chi connectivity index (χ2v) is 8.89. The first-order valence-electron chi connectivity index (χ1n) is 11.0. The van der Waals surface area contributed by atoms with Crippen molar-refractivity contribution in [3.8, 4) is 0 Å². The van der Waals surface area contributed by atoms with Crippen molar-refractivity contribution in [1.82, 2.24) is 20.4 Å². The Labute approximate surface area is 186 Å². The summed E-state index contributed by atoms with van der Waals surface area (Å²) in [5.74, 6) is 0.315. The molecular weight excluding hydrogens is 395 g/mol. The highest BCUT2D eigenvalue weighted by molar-refractivity contribution is 7.80. The Morgan fingerprint density at radius 2 is 1.83 bits per heavy atom. The Balaban J connectivity index is 1.61. The van der Waals surface area contributed by atoms with Gasteiger partial charge in [0.15, 0.2) is 0 Å². The lowest BCUT2D eigenvalue weighted by Crippen LogP contribution is -2.55. The molecule has 2 aliphatic heterocycles. The molecule has 1 aromatic carbocycles. The number of rotatable bonds is 7. The molecule has 6 nitrogen and oxygen atoms in total. The van der Waals surface area contributed by atoms with Crippen molar-refractivity contribution in [1.29, 1.82) is 0 Å². The van der Waals surface area contributed by atoms with Crippen molar-refractivity contribution in [2.75, 3.05) is 20.1 Å². The van der Waals surface area contributed by atoms with E-state index in [1.54, 1.807) is 11.9 Å². The highest BCUT2D eigenvalue weighted by Crippen LogP contribution is 2.21. The van der Waals surface area contributed by atoms with Crippen LogP contribution < -0.4 is 10.6 Å². The monoisotopic (exact) mass is 428 g/mol. The molecule has 162 valence electrons. The fourth-order valence-electron chi connectivity index (χ4n) is 4.55. The molecule has 8 heteroatoms. The summed E-state index contributed by atoms with van der Waals surface area (Å²) >= 11 is 5.64. The zero-order valence-corrected chi connectivity index (χ0v) is 19.1. The number of amides is 2. The van der Waals surface area contributed by atoms with Gasteiger partial charge in [0.2, 0.25) is 11.8 Å². The Morgan fingerprint density at radius 1 is 1.17 bits per heavy atom. The highest BCUT2D eigenvalue weighted by Gasteiger charge is 2.37. The standard InChI is InChI=1S/C22H33BN4O2S/c1-15(22(30)27-13-7-11-19(27)23)25-20(28)18-10-6-12-26(18)21(29)17(24-2)14-16-8-4-3-5-9-16/h3-5,8-9,15,17-19,24H,6-7,10-14,23H2,1-2H3,(H,25,28)/t15-,17-,18-,19-/m0/s1. The zero-order valence-electron chi connectivity index (χ0n) is 18.3. The lowest BCUT2D eigenvalue weighted by atomic mass is 9.94. The van der Waals surface area contributed by atoms with E-state index < -0.39 is 6.04 Å². The summed E-state index contributed by atoms with van der Waals surface area (Å²) in [6, 6.07) is 8.98. The number of carbonyl (C=O) groups excluding carboxylic acids is 2. The van der Waals surface area contributed by atoms with Crippen molar-refractivity contribution in [3.63, 3.8) is 0 Å². The molecule has 0 unspecified atom stereocenters. The third-order valence-corrected chi connectivity index (χ3v) is 6.92. The van der Waals surface area contributed by atoms with E-state index in [0.29, 0.717) is 25.3 Å². The van der Waals surface area contributed by atoms with Gasteiger partial charge in [0.05, 0.1) is 17.1 Å². The fraction of sp³-hybridized carbons (Fsp3) is 0.591. The van der Waals surface area contributed by atoms with Gasteiger partial charge in [-0.15, -0.1) is 0 Å². The second-order valence-electron chi connectivity index (χ2n) is 8.47. The number of likely N-dealkylation sites (N-methyl/N-ethyl adjacent to an activating group) is 1. The predicted molar refractivity (Wildman–Crippen MR) is 126 cm³/mol. The van der Waals surface area contributed by atoms with E-state index in [1.165, 1.54) is 0 Å².